The Labute approximate surface area is 60.0 Å². The van der Waals surface area contributed by atoms with Gasteiger partial charge in [-0.25, -0.2) is 0 Å². The molecule has 1 aliphatic heterocycles. The summed E-state index contributed by atoms with van der Waals surface area (Å²) in [6.45, 7) is 1.10. The molecule has 1 aromatic rings. The molecule has 1 heteroatoms. The molecule has 1 aromatic heterocycles. The van der Waals surface area contributed by atoms with Crippen molar-refractivity contribution >= 4 is 6.08 Å². The van der Waals surface area contributed by atoms with Gasteiger partial charge in [-0.1, -0.05) is 5.92 Å². The van der Waals surface area contributed by atoms with E-state index in [1.807, 2.05) is 6.08 Å². The van der Waals surface area contributed by atoms with Gasteiger partial charge in [-0.2, -0.15) is 0 Å². The molecule has 0 amide bonds. The molecule has 0 unspecified atom stereocenters. The van der Waals surface area contributed by atoms with Gasteiger partial charge >= 0.3 is 0 Å². The molecule has 0 fully saturated rings. The first-order valence-corrected chi connectivity index (χ1v) is 3.22. The predicted molar refractivity (Wildman–Crippen MR) is 41.4 cm³/mol. The van der Waals surface area contributed by atoms with E-state index in [4.69, 9.17) is 6.42 Å². The molecule has 0 saturated carbocycles. The third-order valence-electron chi connectivity index (χ3n) is 1.69. The molecular formula is C9H7N. The van der Waals surface area contributed by atoms with Crippen LogP contribution >= 0.6 is 0 Å². The molecule has 1 nitrogen and oxygen atoms in total. The van der Waals surface area contributed by atoms with Gasteiger partial charge in [0.15, 0.2) is 0 Å². The molecule has 0 saturated heterocycles. The maximum atomic E-state index is 5.07. The monoisotopic (exact) mass is 129 g/mol. The predicted octanol–water partition coefficient (Wildman–Crippen LogP) is 1.50. The largest absolute Gasteiger partial charge is 0.343 e. The summed E-state index contributed by atoms with van der Waals surface area (Å²) in [5.41, 5.74) is 2.66. The lowest BCUT2D eigenvalue weighted by Gasteiger charge is -1.78. The van der Waals surface area contributed by atoms with Gasteiger partial charge in [-0.3, -0.25) is 0 Å². The fraction of sp³-hybridized carbons (Fsp3) is 0.111. The molecule has 0 radical (unpaired) electrons. The van der Waals surface area contributed by atoms with Crippen molar-refractivity contribution in [1.82, 2.24) is 4.57 Å². The lowest BCUT2D eigenvalue weighted by Crippen LogP contribution is -1.64. The van der Waals surface area contributed by atoms with E-state index < -0.39 is 0 Å². The Morgan fingerprint density at radius 1 is 1.70 bits per heavy atom. The van der Waals surface area contributed by atoms with Gasteiger partial charge in [0, 0.05) is 11.9 Å². The van der Waals surface area contributed by atoms with Crippen molar-refractivity contribution in [3.63, 3.8) is 0 Å². The highest BCUT2D eigenvalue weighted by atomic mass is 15.1. The lowest BCUT2D eigenvalue weighted by molar-refractivity contribution is 1.12. The van der Waals surface area contributed by atoms with E-state index in [0.29, 0.717) is 0 Å². The summed E-state index contributed by atoms with van der Waals surface area (Å²) < 4.78 is 2.19. The second kappa shape index (κ2) is 1.78. The van der Waals surface area contributed by atoms with E-state index >= 15 is 0 Å². The number of terminal acetylenes is 1. The first-order chi connectivity index (χ1) is 4.92. The van der Waals surface area contributed by atoms with Gasteiger partial charge < -0.3 is 4.57 Å². The second-order valence-corrected chi connectivity index (χ2v) is 2.35. The van der Waals surface area contributed by atoms with Crippen molar-refractivity contribution < 1.29 is 0 Å². The fourth-order valence-electron chi connectivity index (χ4n) is 1.08. The van der Waals surface area contributed by atoms with Crippen LogP contribution in [0.25, 0.3) is 6.08 Å². The van der Waals surface area contributed by atoms with E-state index in [9.17, 15) is 0 Å². The summed E-state index contributed by atoms with van der Waals surface area (Å²) in [7, 11) is 0. The zero-order valence-electron chi connectivity index (χ0n) is 5.54. The van der Waals surface area contributed by atoms with Crippen LogP contribution in [0.2, 0.25) is 0 Å². The standard InChI is InChI=1S/C9H7N/c1-2-3-4-8-5-6-10-7-9(8)10/h1,3-6H,7H2/b4-3-. The number of aromatic nitrogens is 1. The molecule has 1 aliphatic rings. The summed E-state index contributed by atoms with van der Waals surface area (Å²) in [5.74, 6) is 2.47. The minimum absolute atomic E-state index is 1.10. The summed E-state index contributed by atoms with van der Waals surface area (Å²) in [6.07, 6.45) is 10.8. The zero-order chi connectivity index (χ0) is 6.97. The zero-order valence-corrected chi connectivity index (χ0v) is 5.54. The van der Waals surface area contributed by atoms with Crippen molar-refractivity contribution in [2.75, 3.05) is 0 Å². The number of hydrogen-bond acceptors (Lipinski definition) is 0. The quantitative estimate of drug-likeness (QED) is 0.514. The molecule has 10 heavy (non-hydrogen) atoms. The molecule has 0 atom stereocenters. The van der Waals surface area contributed by atoms with Gasteiger partial charge in [0.1, 0.15) is 0 Å². The highest BCUT2D eigenvalue weighted by molar-refractivity contribution is 5.58. The highest BCUT2D eigenvalue weighted by Gasteiger charge is 2.17. The van der Waals surface area contributed by atoms with E-state index in [2.05, 4.69) is 22.8 Å². The van der Waals surface area contributed by atoms with Crippen LogP contribution in [-0.2, 0) is 6.54 Å². The lowest BCUT2D eigenvalue weighted by atomic mass is 10.2. The van der Waals surface area contributed by atoms with Crippen molar-refractivity contribution in [3.8, 4) is 12.3 Å². The number of nitrogens with zero attached hydrogens (tertiary/aromatic N) is 1. The van der Waals surface area contributed by atoms with Crippen LogP contribution in [0.1, 0.15) is 11.3 Å². The van der Waals surface area contributed by atoms with E-state index in [0.717, 1.165) is 6.54 Å². The molecular weight excluding hydrogens is 122 g/mol. The topological polar surface area (TPSA) is 4.93 Å². The maximum Gasteiger partial charge on any atom is 0.0632 e. The van der Waals surface area contributed by atoms with Crippen LogP contribution in [0.15, 0.2) is 18.3 Å². The van der Waals surface area contributed by atoms with Crippen LogP contribution in [0.3, 0.4) is 0 Å². The first-order valence-electron chi connectivity index (χ1n) is 3.22. The Bertz CT molecular complexity index is 323. The fourth-order valence-corrected chi connectivity index (χ4v) is 1.08. The number of rotatable bonds is 1. The molecule has 0 aromatic carbocycles. The Hall–Kier alpha value is -1.42. The van der Waals surface area contributed by atoms with E-state index in [1.54, 1.807) is 6.08 Å². The second-order valence-electron chi connectivity index (χ2n) is 2.35. The Kier molecular flexibility index (Phi) is 0.956. The number of hydrogen-bond donors (Lipinski definition) is 0. The average molecular weight is 129 g/mol. The average Bonchev–Trinajstić information content (AvgIpc) is 2.63. The van der Waals surface area contributed by atoms with E-state index in [-0.39, 0.29) is 0 Å². The molecule has 0 spiro atoms. The van der Waals surface area contributed by atoms with Crippen molar-refractivity contribution in [2.24, 2.45) is 0 Å². The van der Waals surface area contributed by atoms with Crippen molar-refractivity contribution in [3.05, 3.63) is 29.6 Å². The maximum absolute atomic E-state index is 5.07. The normalized spacial score (nSPS) is 13.1. The summed E-state index contributed by atoms with van der Waals surface area (Å²) in [5, 5.41) is 0. The van der Waals surface area contributed by atoms with Gasteiger partial charge in [-0.05, 0) is 23.8 Å². The SMILES string of the molecule is C#C/C=C\c1ccn2c1C2. The van der Waals surface area contributed by atoms with Crippen LogP contribution in [0.4, 0.5) is 0 Å². The summed E-state index contributed by atoms with van der Waals surface area (Å²) in [6, 6.07) is 2.08. The van der Waals surface area contributed by atoms with Gasteiger partial charge in [0.25, 0.3) is 0 Å². The minimum Gasteiger partial charge on any atom is -0.343 e. The van der Waals surface area contributed by atoms with Crippen molar-refractivity contribution in [1.29, 1.82) is 0 Å². The highest BCUT2D eigenvalue weighted by Crippen LogP contribution is 2.24. The number of fused-ring (bicyclic) bond motifs is 1. The Balaban J connectivity index is 2.30. The van der Waals surface area contributed by atoms with Gasteiger partial charge in [-0.15, -0.1) is 6.42 Å². The van der Waals surface area contributed by atoms with Crippen LogP contribution in [0, 0.1) is 12.3 Å². The first kappa shape index (κ1) is 5.37. The molecule has 0 bridgehead atoms. The third-order valence-corrected chi connectivity index (χ3v) is 1.69. The van der Waals surface area contributed by atoms with Crippen LogP contribution in [-0.4, -0.2) is 4.57 Å². The Morgan fingerprint density at radius 2 is 2.60 bits per heavy atom. The van der Waals surface area contributed by atoms with Crippen LogP contribution in [0.5, 0.6) is 0 Å². The van der Waals surface area contributed by atoms with Gasteiger partial charge in [0.05, 0.1) is 6.54 Å². The summed E-state index contributed by atoms with van der Waals surface area (Å²) in [4.78, 5) is 0. The van der Waals surface area contributed by atoms with Crippen LogP contribution < -0.4 is 0 Å². The molecule has 48 valence electrons. The molecule has 0 N–H and O–H groups in total. The smallest absolute Gasteiger partial charge is 0.0632 e. The molecule has 0 aliphatic carbocycles. The Morgan fingerprint density at radius 3 is 3.10 bits per heavy atom. The minimum atomic E-state index is 1.10. The summed E-state index contributed by atoms with van der Waals surface area (Å²) >= 11 is 0. The molecule has 2 rings (SSSR count). The molecule has 2 heterocycles. The van der Waals surface area contributed by atoms with E-state index in [1.165, 1.54) is 11.3 Å². The van der Waals surface area contributed by atoms with Gasteiger partial charge in [0.2, 0.25) is 0 Å². The number of allylic oxidation sites excluding steroid dienone is 1. The third kappa shape index (κ3) is 0.663. The van der Waals surface area contributed by atoms with Crippen molar-refractivity contribution in [2.45, 2.75) is 6.54 Å².